The molecule has 1 aromatic rings. The second kappa shape index (κ2) is 4.10. The van der Waals surface area contributed by atoms with E-state index in [9.17, 15) is 0 Å². The SMILES string of the molecule is Cc1ccc(N(C)C2(CN)CCC2)c(C)c1. The van der Waals surface area contributed by atoms with Crippen molar-refractivity contribution < 1.29 is 0 Å². The molecule has 1 aromatic carbocycles. The summed E-state index contributed by atoms with van der Waals surface area (Å²) in [4.78, 5) is 2.39. The molecule has 0 aliphatic heterocycles. The number of aryl methyl sites for hydroxylation is 2. The van der Waals surface area contributed by atoms with Crippen LogP contribution in [-0.4, -0.2) is 19.1 Å². The molecule has 16 heavy (non-hydrogen) atoms. The third-order valence-corrected chi connectivity index (χ3v) is 4.09. The van der Waals surface area contributed by atoms with E-state index in [0.717, 1.165) is 6.54 Å². The summed E-state index contributed by atoms with van der Waals surface area (Å²) >= 11 is 0. The molecular weight excluding hydrogens is 196 g/mol. The van der Waals surface area contributed by atoms with E-state index in [2.05, 4.69) is 44.0 Å². The van der Waals surface area contributed by atoms with Crippen LogP contribution >= 0.6 is 0 Å². The van der Waals surface area contributed by atoms with E-state index in [1.165, 1.54) is 36.1 Å². The van der Waals surface area contributed by atoms with Crippen molar-refractivity contribution in [1.82, 2.24) is 0 Å². The summed E-state index contributed by atoms with van der Waals surface area (Å²) in [7, 11) is 2.18. The minimum absolute atomic E-state index is 0.222. The van der Waals surface area contributed by atoms with Crippen LogP contribution in [0.2, 0.25) is 0 Å². The number of nitrogens with zero attached hydrogens (tertiary/aromatic N) is 1. The van der Waals surface area contributed by atoms with Gasteiger partial charge < -0.3 is 10.6 Å². The maximum atomic E-state index is 5.95. The molecule has 2 N–H and O–H groups in total. The zero-order chi connectivity index (χ0) is 11.8. The van der Waals surface area contributed by atoms with Crippen molar-refractivity contribution in [1.29, 1.82) is 0 Å². The van der Waals surface area contributed by atoms with Crippen molar-refractivity contribution in [2.75, 3.05) is 18.5 Å². The van der Waals surface area contributed by atoms with Gasteiger partial charge in [-0.15, -0.1) is 0 Å². The minimum Gasteiger partial charge on any atom is -0.367 e. The fourth-order valence-corrected chi connectivity index (χ4v) is 2.70. The predicted octanol–water partition coefficient (Wildman–Crippen LogP) is 2.62. The lowest BCUT2D eigenvalue weighted by Crippen LogP contribution is -2.57. The van der Waals surface area contributed by atoms with E-state index in [1.54, 1.807) is 0 Å². The van der Waals surface area contributed by atoms with Gasteiger partial charge in [-0.05, 0) is 44.7 Å². The fourth-order valence-electron chi connectivity index (χ4n) is 2.70. The Hall–Kier alpha value is -1.02. The zero-order valence-electron chi connectivity index (χ0n) is 10.6. The van der Waals surface area contributed by atoms with Gasteiger partial charge in [0.2, 0.25) is 0 Å². The molecule has 88 valence electrons. The highest BCUT2D eigenvalue weighted by Gasteiger charge is 2.39. The number of nitrogens with two attached hydrogens (primary N) is 1. The Bertz CT molecular complexity index is 375. The first-order valence-corrected chi connectivity index (χ1v) is 6.10. The maximum absolute atomic E-state index is 5.95. The second-order valence-corrected chi connectivity index (χ2v) is 5.13. The molecule has 0 heterocycles. The van der Waals surface area contributed by atoms with E-state index in [4.69, 9.17) is 5.73 Å². The lowest BCUT2D eigenvalue weighted by atomic mass is 9.75. The summed E-state index contributed by atoms with van der Waals surface area (Å²) in [6.07, 6.45) is 3.77. The average molecular weight is 218 g/mol. The Labute approximate surface area is 98.4 Å². The lowest BCUT2D eigenvalue weighted by Gasteiger charge is -2.49. The van der Waals surface area contributed by atoms with E-state index < -0.39 is 0 Å². The lowest BCUT2D eigenvalue weighted by molar-refractivity contribution is 0.246. The van der Waals surface area contributed by atoms with Crippen LogP contribution < -0.4 is 10.6 Å². The van der Waals surface area contributed by atoms with Crippen LogP contribution in [0.1, 0.15) is 30.4 Å². The van der Waals surface area contributed by atoms with Gasteiger partial charge in [0, 0.05) is 19.3 Å². The molecule has 1 saturated carbocycles. The van der Waals surface area contributed by atoms with Crippen molar-refractivity contribution in [3.05, 3.63) is 29.3 Å². The highest BCUT2D eigenvalue weighted by molar-refractivity contribution is 5.56. The Kier molecular flexibility index (Phi) is 2.94. The number of hydrogen-bond donors (Lipinski definition) is 1. The van der Waals surface area contributed by atoms with Crippen LogP contribution in [0.4, 0.5) is 5.69 Å². The van der Waals surface area contributed by atoms with Gasteiger partial charge in [-0.2, -0.15) is 0 Å². The van der Waals surface area contributed by atoms with Gasteiger partial charge in [-0.25, -0.2) is 0 Å². The smallest absolute Gasteiger partial charge is 0.0521 e. The van der Waals surface area contributed by atoms with E-state index in [-0.39, 0.29) is 5.54 Å². The Balaban J connectivity index is 2.29. The maximum Gasteiger partial charge on any atom is 0.0521 e. The van der Waals surface area contributed by atoms with Crippen LogP contribution in [-0.2, 0) is 0 Å². The highest BCUT2D eigenvalue weighted by Crippen LogP contribution is 2.39. The molecule has 0 atom stereocenters. The summed E-state index contributed by atoms with van der Waals surface area (Å²) < 4.78 is 0. The van der Waals surface area contributed by atoms with Crippen LogP contribution in [0.25, 0.3) is 0 Å². The Morgan fingerprint density at radius 3 is 2.44 bits per heavy atom. The number of hydrogen-bond acceptors (Lipinski definition) is 2. The summed E-state index contributed by atoms with van der Waals surface area (Å²) in [6, 6.07) is 6.65. The Morgan fingerprint density at radius 1 is 1.31 bits per heavy atom. The number of benzene rings is 1. The minimum atomic E-state index is 0.222. The molecule has 0 aromatic heterocycles. The van der Waals surface area contributed by atoms with Crippen molar-refractivity contribution in [3.8, 4) is 0 Å². The monoisotopic (exact) mass is 218 g/mol. The fraction of sp³-hybridized carbons (Fsp3) is 0.571. The van der Waals surface area contributed by atoms with Crippen LogP contribution in [0.3, 0.4) is 0 Å². The molecule has 0 saturated heterocycles. The standard InChI is InChI=1S/C14H22N2/c1-11-5-6-13(12(2)9-11)16(3)14(10-15)7-4-8-14/h5-6,9H,4,7-8,10,15H2,1-3H3. The molecular formula is C14H22N2. The predicted molar refractivity (Wildman–Crippen MR) is 70.0 cm³/mol. The van der Waals surface area contributed by atoms with Gasteiger partial charge in [0.1, 0.15) is 0 Å². The first-order valence-electron chi connectivity index (χ1n) is 6.10. The zero-order valence-corrected chi connectivity index (χ0v) is 10.6. The molecule has 0 spiro atoms. The largest absolute Gasteiger partial charge is 0.367 e. The third-order valence-electron chi connectivity index (χ3n) is 4.09. The van der Waals surface area contributed by atoms with Gasteiger partial charge in [0.25, 0.3) is 0 Å². The number of likely N-dealkylation sites (N-methyl/N-ethyl adjacent to an activating group) is 1. The van der Waals surface area contributed by atoms with Crippen molar-refractivity contribution in [3.63, 3.8) is 0 Å². The van der Waals surface area contributed by atoms with Crippen molar-refractivity contribution in [2.45, 2.75) is 38.6 Å². The normalized spacial score (nSPS) is 18.0. The topological polar surface area (TPSA) is 29.3 Å². The van der Waals surface area contributed by atoms with Gasteiger partial charge in [0.05, 0.1) is 5.54 Å². The van der Waals surface area contributed by atoms with Gasteiger partial charge >= 0.3 is 0 Å². The van der Waals surface area contributed by atoms with Gasteiger partial charge in [-0.1, -0.05) is 17.7 Å². The van der Waals surface area contributed by atoms with Gasteiger partial charge in [0.15, 0.2) is 0 Å². The highest BCUT2D eigenvalue weighted by atomic mass is 15.2. The number of anilines is 1. The van der Waals surface area contributed by atoms with Crippen LogP contribution in [0.5, 0.6) is 0 Å². The van der Waals surface area contributed by atoms with E-state index >= 15 is 0 Å². The molecule has 2 nitrogen and oxygen atoms in total. The van der Waals surface area contributed by atoms with Crippen molar-refractivity contribution in [2.24, 2.45) is 5.73 Å². The summed E-state index contributed by atoms with van der Waals surface area (Å²) in [5.74, 6) is 0. The van der Waals surface area contributed by atoms with E-state index in [0.29, 0.717) is 0 Å². The van der Waals surface area contributed by atoms with Gasteiger partial charge in [-0.3, -0.25) is 0 Å². The average Bonchev–Trinajstić information content (AvgIpc) is 2.16. The Morgan fingerprint density at radius 2 is 2.00 bits per heavy atom. The molecule has 2 rings (SSSR count). The molecule has 0 amide bonds. The quantitative estimate of drug-likeness (QED) is 0.845. The molecule has 1 aliphatic rings. The molecule has 0 unspecified atom stereocenters. The summed E-state index contributed by atoms with van der Waals surface area (Å²) in [5, 5.41) is 0. The first kappa shape index (κ1) is 11.5. The molecule has 1 fully saturated rings. The second-order valence-electron chi connectivity index (χ2n) is 5.13. The summed E-state index contributed by atoms with van der Waals surface area (Å²) in [5.41, 5.74) is 10.2. The van der Waals surface area contributed by atoms with Crippen LogP contribution in [0.15, 0.2) is 18.2 Å². The molecule has 0 bridgehead atoms. The third kappa shape index (κ3) is 1.71. The molecule has 0 radical (unpaired) electrons. The van der Waals surface area contributed by atoms with E-state index in [1.807, 2.05) is 0 Å². The summed E-state index contributed by atoms with van der Waals surface area (Å²) in [6.45, 7) is 5.08. The molecule has 1 aliphatic carbocycles. The van der Waals surface area contributed by atoms with Crippen LogP contribution in [0, 0.1) is 13.8 Å². The first-order chi connectivity index (χ1) is 7.59. The number of rotatable bonds is 3. The van der Waals surface area contributed by atoms with Crippen molar-refractivity contribution >= 4 is 5.69 Å². The molecule has 2 heteroatoms.